The molecule has 3 fully saturated rings. The normalized spacial score (nSPS) is 37.3. The molecule has 1 heteroatoms. The van der Waals surface area contributed by atoms with Gasteiger partial charge in [-0.25, -0.2) is 0 Å². The van der Waals surface area contributed by atoms with Crippen LogP contribution in [0.15, 0.2) is 11.8 Å². The first-order valence-corrected chi connectivity index (χ1v) is 5.30. The minimum absolute atomic E-state index is 0.700. The summed E-state index contributed by atoms with van der Waals surface area (Å²) in [4.78, 5) is 2.68. The van der Waals surface area contributed by atoms with E-state index in [0.717, 1.165) is 5.41 Å². The van der Waals surface area contributed by atoms with Crippen molar-refractivity contribution in [1.82, 2.24) is 4.90 Å². The van der Waals surface area contributed by atoms with Gasteiger partial charge in [-0.15, -0.1) is 0 Å². The lowest BCUT2D eigenvalue weighted by Gasteiger charge is -2.15. The molecule has 4 rings (SSSR count). The third-order valence-corrected chi connectivity index (χ3v) is 4.44. The molecule has 0 unspecified atom stereocenters. The standard InChI is InChI=1S/C11H15N/c1-2-10(1)7-9-11(3-4-11)5-6-12(9)8-10/h7H,1-6,8H2. The maximum atomic E-state index is 2.68. The molecule has 0 aromatic rings. The molecule has 2 heterocycles. The van der Waals surface area contributed by atoms with Crippen LogP contribution in [0.4, 0.5) is 0 Å². The van der Waals surface area contributed by atoms with Crippen LogP contribution in [-0.2, 0) is 0 Å². The van der Waals surface area contributed by atoms with Crippen molar-refractivity contribution in [3.05, 3.63) is 11.8 Å². The van der Waals surface area contributed by atoms with E-state index in [9.17, 15) is 0 Å². The van der Waals surface area contributed by atoms with Crippen molar-refractivity contribution >= 4 is 0 Å². The molecule has 4 aliphatic rings. The number of rotatable bonds is 0. The van der Waals surface area contributed by atoms with Gasteiger partial charge in [0, 0.05) is 29.6 Å². The molecule has 64 valence electrons. The Hall–Kier alpha value is -0.460. The third-order valence-electron chi connectivity index (χ3n) is 4.44. The lowest BCUT2D eigenvalue weighted by Crippen LogP contribution is -2.18. The molecule has 0 aromatic carbocycles. The Balaban J connectivity index is 1.81. The molecule has 0 aromatic heterocycles. The average molecular weight is 161 g/mol. The molecule has 0 atom stereocenters. The first-order valence-electron chi connectivity index (χ1n) is 5.30. The third kappa shape index (κ3) is 0.551. The summed E-state index contributed by atoms with van der Waals surface area (Å²) in [6.45, 7) is 2.75. The Labute approximate surface area is 73.4 Å². The van der Waals surface area contributed by atoms with Crippen molar-refractivity contribution in [2.24, 2.45) is 10.8 Å². The maximum Gasteiger partial charge on any atom is 0.0267 e. The summed E-state index contributed by atoms with van der Waals surface area (Å²) in [6, 6.07) is 0. The number of fused-ring (bicyclic) bond motifs is 2. The van der Waals surface area contributed by atoms with Gasteiger partial charge in [0.2, 0.25) is 0 Å². The minimum atomic E-state index is 0.700. The monoisotopic (exact) mass is 161 g/mol. The first-order chi connectivity index (χ1) is 5.82. The second-order valence-corrected chi connectivity index (χ2v) is 5.34. The molecule has 12 heavy (non-hydrogen) atoms. The van der Waals surface area contributed by atoms with Gasteiger partial charge in [-0.05, 0) is 32.1 Å². The fourth-order valence-electron chi connectivity index (χ4n) is 3.18. The van der Waals surface area contributed by atoms with Crippen molar-refractivity contribution in [1.29, 1.82) is 0 Å². The fraction of sp³-hybridized carbons (Fsp3) is 0.818. The Kier molecular flexibility index (Phi) is 0.743. The van der Waals surface area contributed by atoms with Gasteiger partial charge in [0.25, 0.3) is 0 Å². The van der Waals surface area contributed by atoms with Crippen molar-refractivity contribution in [3.63, 3.8) is 0 Å². The van der Waals surface area contributed by atoms with Crippen LogP contribution in [0.25, 0.3) is 0 Å². The summed E-state index contributed by atoms with van der Waals surface area (Å²) >= 11 is 0. The van der Waals surface area contributed by atoms with Crippen LogP contribution >= 0.6 is 0 Å². The smallest absolute Gasteiger partial charge is 0.0267 e. The van der Waals surface area contributed by atoms with E-state index in [1.807, 2.05) is 0 Å². The zero-order valence-electron chi connectivity index (χ0n) is 7.47. The molecule has 0 N–H and O–H groups in total. The van der Waals surface area contributed by atoms with Crippen molar-refractivity contribution in [3.8, 4) is 0 Å². The maximum absolute atomic E-state index is 2.68. The summed E-state index contributed by atoms with van der Waals surface area (Å²) in [5, 5.41) is 0. The average Bonchev–Trinajstić information content (AvgIpc) is 2.86. The Bertz CT molecular complexity index is 281. The van der Waals surface area contributed by atoms with Crippen LogP contribution in [-0.4, -0.2) is 18.0 Å². The van der Waals surface area contributed by atoms with Gasteiger partial charge in [0.1, 0.15) is 0 Å². The van der Waals surface area contributed by atoms with Crippen molar-refractivity contribution in [2.45, 2.75) is 32.1 Å². The van der Waals surface area contributed by atoms with Crippen LogP contribution in [0.1, 0.15) is 32.1 Å². The van der Waals surface area contributed by atoms with E-state index in [-0.39, 0.29) is 0 Å². The van der Waals surface area contributed by atoms with Crippen LogP contribution in [0.3, 0.4) is 0 Å². The molecule has 1 saturated heterocycles. The predicted molar refractivity (Wildman–Crippen MR) is 47.6 cm³/mol. The van der Waals surface area contributed by atoms with Gasteiger partial charge >= 0.3 is 0 Å². The van der Waals surface area contributed by atoms with E-state index in [4.69, 9.17) is 0 Å². The molecule has 2 spiro atoms. The number of hydrogen-bond acceptors (Lipinski definition) is 1. The summed E-state index contributed by atoms with van der Waals surface area (Å²) in [6.07, 6.45) is 10.0. The number of hydrogen-bond donors (Lipinski definition) is 0. The second-order valence-electron chi connectivity index (χ2n) is 5.34. The van der Waals surface area contributed by atoms with Crippen molar-refractivity contribution < 1.29 is 0 Å². The van der Waals surface area contributed by atoms with Gasteiger partial charge in [-0.2, -0.15) is 0 Å². The number of allylic oxidation sites excluding steroid dienone is 1. The number of nitrogens with zero attached hydrogens (tertiary/aromatic N) is 1. The van der Waals surface area contributed by atoms with Crippen LogP contribution in [0.2, 0.25) is 0 Å². The van der Waals surface area contributed by atoms with Gasteiger partial charge in [-0.3, -0.25) is 0 Å². The Morgan fingerprint density at radius 3 is 2.58 bits per heavy atom. The van der Waals surface area contributed by atoms with E-state index in [2.05, 4.69) is 11.0 Å². The van der Waals surface area contributed by atoms with E-state index >= 15 is 0 Å². The molecule has 2 aliphatic heterocycles. The van der Waals surface area contributed by atoms with E-state index in [0.29, 0.717) is 5.41 Å². The molecular weight excluding hydrogens is 146 g/mol. The summed E-state index contributed by atoms with van der Waals surface area (Å²) < 4.78 is 0. The topological polar surface area (TPSA) is 3.24 Å². The first kappa shape index (κ1) is 6.06. The molecule has 2 aliphatic carbocycles. The SMILES string of the molecule is C1=C2N(CCC23CC3)CC12CC2. The van der Waals surface area contributed by atoms with Gasteiger partial charge in [0.05, 0.1) is 0 Å². The van der Waals surface area contributed by atoms with E-state index in [1.54, 1.807) is 5.70 Å². The van der Waals surface area contributed by atoms with Crippen LogP contribution < -0.4 is 0 Å². The van der Waals surface area contributed by atoms with E-state index in [1.165, 1.54) is 45.2 Å². The summed E-state index contributed by atoms with van der Waals surface area (Å²) in [7, 11) is 0. The molecule has 0 amide bonds. The Morgan fingerprint density at radius 1 is 1.08 bits per heavy atom. The van der Waals surface area contributed by atoms with Gasteiger partial charge < -0.3 is 4.90 Å². The summed E-state index contributed by atoms with van der Waals surface area (Å²) in [5.74, 6) is 0. The second kappa shape index (κ2) is 1.47. The molecule has 0 bridgehead atoms. The van der Waals surface area contributed by atoms with E-state index < -0.39 is 0 Å². The summed E-state index contributed by atoms with van der Waals surface area (Å²) in [5.41, 5.74) is 3.19. The lowest BCUT2D eigenvalue weighted by molar-refractivity contribution is 0.375. The largest absolute Gasteiger partial charge is 0.374 e. The highest BCUT2D eigenvalue weighted by atomic mass is 15.2. The predicted octanol–water partition coefficient (Wildman–Crippen LogP) is 2.15. The van der Waals surface area contributed by atoms with Crippen LogP contribution in [0.5, 0.6) is 0 Å². The lowest BCUT2D eigenvalue weighted by atomic mass is 9.99. The minimum Gasteiger partial charge on any atom is -0.374 e. The molecule has 2 saturated carbocycles. The molecular formula is C11H15N. The highest BCUT2D eigenvalue weighted by Gasteiger charge is 2.58. The Morgan fingerprint density at radius 2 is 1.92 bits per heavy atom. The fourth-order valence-corrected chi connectivity index (χ4v) is 3.18. The molecule has 0 radical (unpaired) electrons. The zero-order valence-corrected chi connectivity index (χ0v) is 7.47. The molecule has 1 nitrogen and oxygen atoms in total. The highest BCUT2D eigenvalue weighted by molar-refractivity contribution is 5.34. The quantitative estimate of drug-likeness (QED) is 0.526. The highest BCUT2D eigenvalue weighted by Crippen LogP contribution is 2.65. The van der Waals surface area contributed by atoms with Gasteiger partial charge in [-0.1, -0.05) is 6.08 Å². The van der Waals surface area contributed by atoms with Gasteiger partial charge in [0.15, 0.2) is 0 Å². The van der Waals surface area contributed by atoms with Crippen LogP contribution in [0, 0.1) is 10.8 Å². The zero-order chi connectivity index (χ0) is 7.81. The van der Waals surface area contributed by atoms with Crippen molar-refractivity contribution in [2.75, 3.05) is 13.1 Å².